The number of nitrogens with one attached hydrogen (secondary N) is 1. The highest BCUT2D eigenvalue weighted by atomic mass is 16.5. The van der Waals surface area contributed by atoms with Crippen molar-refractivity contribution in [2.45, 2.75) is 37.8 Å². The summed E-state index contributed by atoms with van der Waals surface area (Å²) in [5.74, 6) is 1.94. The van der Waals surface area contributed by atoms with E-state index in [0.29, 0.717) is 31.1 Å². The monoisotopic (exact) mass is 480 g/mol. The molecule has 1 aliphatic carbocycles. The van der Waals surface area contributed by atoms with Gasteiger partial charge < -0.3 is 29.2 Å². The van der Waals surface area contributed by atoms with Crippen molar-refractivity contribution in [2.75, 3.05) is 56.8 Å². The molecule has 2 aliphatic rings. The largest absolute Gasteiger partial charge is 0.488 e. The Morgan fingerprint density at radius 3 is 2.66 bits per heavy atom. The van der Waals surface area contributed by atoms with E-state index in [0.717, 1.165) is 74.5 Å². The number of nitrogens with zero attached hydrogens (tertiary/aromatic N) is 5. The fourth-order valence-corrected chi connectivity index (χ4v) is 4.53. The van der Waals surface area contributed by atoms with E-state index in [2.05, 4.69) is 42.3 Å². The molecular formula is C25H32N6O4. The number of benzene rings is 1. The van der Waals surface area contributed by atoms with Crippen molar-refractivity contribution in [3.8, 4) is 11.6 Å². The van der Waals surface area contributed by atoms with Gasteiger partial charge in [0.2, 0.25) is 11.8 Å². The fraction of sp³-hybridized carbons (Fsp3) is 0.520. The van der Waals surface area contributed by atoms with Crippen LogP contribution in [0, 0.1) is 0 Å². The standard InChI is InChI=1S/C25H32N6O4/c1-32-14-15-34-23-6-7-28-25(30-23)29-18-2-4-20(5-3-18)35-22-17-19(31-10-12-33-13-11-31)16-21-24(22)27-9-8-26-21/h6-9,16-18,20H,2-5,10-15H2,1H3,(H,28,29,30)/t18-,20+. The molecule has 1 saturated heterocycles. The molecule has 10 heteroatoms. The Morgan fingerprint density at radius 2 is 1.83 bits per heavy atom. The van der Waals surface area contributed by atoms with Gasteiger partial charge in [-0.25, -0.2) is 9.97 Å². The van der Waals surface area contributed by atoms with Gasteiger partial charge in [0, 0.05) is 62.7 Å². The molecule has 0 spiro atoms. The summed E-state index contributed by atoms with van der Waals surface area (Å²) in [7, 11) is 1.65. The first-order chi connectivity index (χ1) is 17.3. The van der Waals surface area contributed by atoms with Crippen LogP contribution < -0.4 is 19.7 Å². The number of hydrogen-bond donors (Lipinski definition) is 1. The van der Waals surface area contributed by atoms with Gasteiger partial charge in [0.1, 0.15) is 17.9 Å². The summed E-state index contributed by atoms with van der Waals surface area (Å²) in [4.78, 5) is 20.2. The second-order valence-electron chi connectivity index (χ2n) is 8.76. The fourth-order valence-electron chi connectivity index (χ4n) is 4.53. The Hall–Kier alpha value is -3.24. The topological polar surface area (TPSA) is 104 Å². The summed E-state index contributed by atoms with van der Waals surface area (Å²) in [6, 6.07) is 6.24. The van der Waals surface area contributed by atoms with Gasteiger partial charge in [-0.2, -0.15) is 4.98 Å². The molecule has 2 fully saturated rings. The van der Waals surface area contributed by atoms with Crippen molar-refractivity contribution in [3.05, 3.63) is 36.8 Å². The van der Waals surface area contributed by atoms with Crippen molar-refractivity contribution in [1.29, 1.82) is 0 Å². The van der Waals surface area contributed by atoms with Gasteiger partial charge in [-0.15, -0.1) is 0 Å². The SMILES string of the molecule is COCCOc1ccnc(N[C@H]2CC[C@@H](Oc3cc(N4CCOCC4)cc4nccnc34)CC2)n1. The predicted molar refractivity (Wildman–Crippen MR) is 132 cm³/mol. The third kappa shape index (κ3) is 6.07. The lowest BCUT2D eigenvalue weighted by Crippen LogP contribution is -2.36. The van der Waals surface area contributed by atoms with Gasteiger partial charge in [-0.3, -0.25) is 4.98 Å². The Balaban J connectivity index is 1.20. The molecule has 0 unspecified atom stereocenters. The number of ether oxygens (including phenoxy) is 4. The average molecular weight is 481 g/mol. The molecule has 186 valence electrons. The van der Waals surface area contributed by atoms with Gasteiger partial charge in [-0.1, -0.05) is 0 Å². The number of hydrogen-bond acceptors (Lipinski definition) is 10. The number of rotatable bonds is 9. The molecule has 1 aliphatic heterocycles. The highest BCUT2D eigenvalue weighted by Crippen LogP contribution is 2.33. The number of methoxy groups -OCH3 is 1. The first-order valence-electron chi connectivity index (χ1n) is 12.2. The van der Waals surface area contributed by atoms with E-state index in [4.69, 9.17) is 18.9 Å². The van der Waals surface area contributed by atoms with Crippen LogP contribution in [0.25, 0.3) is 11.0 Å². The zero-order chi connectivity index (χ0) is 23.9. The lowest BCUT2D eigenvalue weighted by molar-refractivity contribution is 0.122. The Labute approximate surface area is 205 Å². The van der Waals surface area contributed by atoms with Crippen LogP contribution in [-0.4, -0.2) is 78.7 Å². The van der Waals surface area contributed by atoms with E-state index in [1.807, 2.05) is 0 Å². The maximum absolute atomic E-state index is 6.52. The van der Waals surface area contributed by atoms with Crippen molar-refractivity contribution >= 4 is 22.7 Å². The van der Waals surface area contributed by atoms with Gasteiger partial charge in [0.15, 0.2) is 0 Å². The third-order valence-corrected chi connectivity index (χ3v) is 6.37. The second kappa shape index (κ2) is 11.5. The van der Waals surface area contributed by atoms with E-state index in [1.165, 1.54) is 0 Å². The maximum Gasteiger partial charge on any atom is 0.226 e. The molecule has 0 atom stereocenters. The van der Waals surface area contributed by atoms with Crippen LogP contribution in [0.15, 0.2) is 36.8 Å². The van der Waals surface area contributed by atoms with Crippen molar-refractivity contribution in [2.24, 2.45) is 0 Å². The summed E-state index contributed by atoms with van der Waals surface area (Å²) in [5.41, 5.74) is 2.77. The zero-order valence-corrected chi connectivity index (χ0v) is 20.1. The van der Waals surface area contributed by atoms with Crippen LogP contribution in [0.3, 0.4) is 0 Å². The molecule has 3 aromatic rings. The quantitative estimate of drug-likeness (QED) is 0.460. The molecule has 10 nitrogen and oxygen atoms in total. The number of anilines is 2. The van der Waals surface area contributed by atoms with E-state index in [1.54, 1.807) is 31.8 Å². The van der Waals surface area contributed by atoms with Gasteiger partial charge >= 0.3 is 0 Å². The minimum atomic E-state index is 0.128. The average Bonchev–Trinajstić information content (AvgIpc) is 2.91. The van der Waals surface area contributed by atoms with E-state index in [9.17, 15) is 0 Å². The summed E-state index contributed by atoms with van der Waals surface area (Å²) in [6.45, 7) is 4.18. The zero-order valence-electron chi connectivity index (χ0n) is 20.1. The number of fused-ring (bicyclic) bond motifs is 1. The molecule has 1 saturated carbocycles. The predicted octanol–water partition coefficient (Wildman–Crippen LogP) is 3.08. The molecule has 3 heterocycles. The molecule has 0 amide bonds. The van der Waals surface area contributed by atoms with Crippen LogP contribution in [0.5, 0.6) is 11.6 Å². The Bertz CT molecular complexity index is 1100. The second-order valence-corrected chi connectivity index (χ2v) is 8.76. The van der Waals surface area contributed by atoms with Gasteiger partial charge in [0.05, 0.1) is 31.4 Å². The molecule has 2 aromatic heterocycles. The number of aromatic nitrogens is 4. The summed E-state index contributed by atoms with van der Waals surface area (Å²) >= 11 is 0. The molecule has 0 radical (unpaired) electrons. The van der Waals surface area contributed by atoms with E-state index in [-0.39, 0.29) is 6.10 Å². The Morgan fingerprint density at radius 1 is 1.00 bits per heavy atom. The molecule has 1 aromatic carbocycles. The summed E-state index contributed by atoms with van der Waals surface area (Å²) < 4.78 is 22.6. The molecule has 35 heavy (non-hydrogen) atoms. The third-order valence-electron chi connectivity index (χ3n) is 6.37. The normalized spacial score (nSPS) is 20.5. The van der Waals surface area contributed by atoms with Crippen molar-refractivity contribution < 1.29 is 18.9 Å². The van der Waals surface area contributed by atoms with Crippen molar-refractivity contribution in [3.63, 3.8) is 0 Å². The van der Waals surface area contributed by atoms with Gasteiger partial charge in [-0.05, 0) is 31.7 Å². The first kappa shape index (κ1) is 23.5. The minimum Gasteiger partial charge on any atom is -0.488 e. The minimum absolute atomic E-state index is 0.128. The van der Waals surface area contributed by atoms with E-state index >= 15 is 0 Å². The smallest absolute Gasteiger partial charge is 0.226 e. The van der Waals surface area contributed by atoms with Crippen LogP contribution in [0.1, 0.15) is 25.7 Å². The van der Waals surface area contributed by atoms with E-state index < -0.39 is 0 Å². The van der Waals surface area contributed by atoms with Crippen LogP contribution in [0.2, 0.25) is 0 Å². The highest BCUT2D eigenvalue weighted by Gasteiger charge is 2.25. The first-order valence-corrected chi connectivity index (χ1v) is 12.2. The molecular weight excluding hydrogens is 448 g/mol. The molecule has 1 N–H and O–H groups in total. The van der Waals surface area contributed by atoms with Crippen LogP contribution >= 0.6 is 0 Å². The van der Waals surface area contributed by atoms with Gasteiger partial charge in [0.25, 0.3) is 0 Å². The molecule has 5 rings (SSSR count). The highest BCUT2D eigenvalue weighted by molar-refractivity contribution is 5.85. The van der Waals surface area contributed by atoms with Crippen LogP contribution in [0.4, 0.5) is 11.6 Å². The summed E-state index contributed by atoms with van der Waals surface area (Å²) in [5, 5.41) is 3.45. The summed E-state index contributed by atoms with van der Waals surface area (Å²) in [6.07, 6.45) is 9.09. The number of morpholine rings is 1. The lowest BCUT2D eigenvalue weighted by atomic mass is 9.93. The van der Waals surface area contributed by atoms with Crippen molar-refractivity contribution in [1.82, 2.24) is 19.9 Å². The van der Waals surface area contributed by atoms with Crippen LogP contribution in [-0.2, 0) is 9.47 Å². The molecule has 0 bridgehead atoms. The maximum atomic E-state index is 6.52. The Kier molecular flexibility index (Phi) is 7.69. The lowest BCUT2D eigenvalue weighted by Gasteiger charge is -2.31.